The molecule has 0 bridgehead atoms. The zero-order valence-corrected chi connectivity index (χ0v) is 7.80. The lowest BCUT2D eigenvalue weighted by Crippen LogP contribution is -2.09. The average Bonchev–Trinajstić information content (AvgIpc) is 2.99. The Morgan fingerprint density at radius 2 is 1.80 bits per heavy atom. The maximum absolute atomic E-state index is 10.8. The highest BCUT2D eigenvalue weighted by molar-refractivity contribution is 6.01. The van der Waals surface area contributed by atoms with E-state index in [0.717, 1.165) is 19.0 Å². The van der Waals surface area contributed by atoms with Crippen molar-refractivity contribution in [1.29, 1.82) is 0 Å². The lowest BCUT2D eigenvalue weighted by molar-refractivity contribution is 0.0651. The number of carboxylic acids is 2. The number of hydrogen-bond donors (Lipinski definition) is 2. The minimum Gasteiger partial charge on any atom is -0.478 e. The van der Waals surface area contributed by atoms with E-state index in [1.54, 1.807) is 0 Å². The van der Waals surface area contributed by atoms with Crippen molar-refractivity contribution in [2.45, 2.75) is 18.8 Å². The molecule has 5 heteroatoms. The summed E-state index contributed by atoms with van der Waals surface area (Å²) in [5, 5.41) is 17.6. The van der Waals surface area contributed by atoms with Crippen LogP contribution in [0.1, 0.15) is 45.2 Å². The number of carbonyl (C=O) groups is 2. The van der Waals surface area contributed by atoms with Crippen molar-refractivity contribution in [3.05, 3.63) is 29.1 Å². The molecular formula is C10H9NO4. The molecule has 0 radical (unpaired) electrons. The fourth-order valence-corrected chi connectivity index (χ4v) is 1.42. The largest absolute Gasteiger partial charge is 0.478 e. The third-order valence-electron chi connectivity index (χ3n) is 2.38. The Balaban J connectivity index is 2.48. The second kappa shape index (κ2) is 3.34. The normalized spacial score (nSPS) is 14.9. The molecule has 2 N–H and O–H groups in total. The number of aromatic nitrogens is 1. The fourth-order valence-electron chi connectivity index (χ4n) is 1.42. The molecule has 2 rings (SSSR count). The summed E-state index contributed by atoms with van der Waals surface area (Å²) in [6.45, 7) is 0. The smallest absolute Gasteiger partial charge is 0.338 e. The second-order valence-electron chi connectivity index (χ2n) is 3.54. The number of hydrogen-bond acceptors (Lipinski definition) is 3. The molecule has 1 aliphatic rings. The average molecular weight is 207 g/mol. The first-order chi connectivity index (χ1) is 7.09. The van der Waals surface area contributed by atoms with Crippen LogP contribution in [0.25, 0.3) is 0 Å². The van der Waals surface area contributed by atoms with Gasteiger partial charge in [0.05, 0.1) is 11.1 Å². The Labute approximate surface area is 85.4 Å². The predicted octanol–water partition coefficient (Wildman–Crippen LogP) is 1.36. The van der Waals surface area contributed by atoms with Gasteiger partial charge in [-0.3, -0.25) is 4.98 Å². The van der Waals surface area contributed by atoms with Gasteiger partial charge < -0.3 is 10.2 Å². The molecule has 1 saturated carbocycles. The molecule has 0 saturated heterocycles. The topological polar surface area (TPSA) is 87.5 Å². The number of carboxylic acid groups (broad SMARTS) is 2. The zero-order chi connectivity index (χ0) is 11.0. The third kappa shape index (κ3) is 1.81. The van der Waals surface area contributed by atoms with Crippen molar-refractivity contribution in [3.63, 3.8) is 0 Å². The highest BCUT2D eigenvalue weighted by Crippen LogP contribution is 2.39. The van der Waals surface area contributed by atoms with Crippen LogP contribution < -0.4 is 0 Å². The summed E-state index contributed by atoms with van der Waals surface area (Å²) in [5.41, 5.74) is 0.240. The molecule has 0 atom stereocenters. The summed E-state index contributed by atoms with van der Waals surface area (Å²) in [6, 6.07) is 1.36. The van der Waals surface area contributed by atoms with Gasteiger partial charge >= 0.3 is 11.9 Å². The van der Waals surface area contributed by atoms with Gasteiger partial charge in [0.25, 0.3) is 0 Å². The van der Waals surface area contributed by atoms with Gasteiger partial charge in [0.2, 0.25) is 0 Å². The van der Waals surface area contributed by atoms with E-state index in [4.69, 9.17) is 10.2 Å². The quantitative estimate of drug-likeness (QED) is 0.781. The zero-order valence-electron chi connectivity index (χ0n) is 7.80. The Kier molecular flexibility index (Phi) is 2.15. The Morgan fingerprint density at radius 3 is 2.27 bits per heavy atom. The number of pyridine rings is 1. The molecule has 1 aromatic heterocycles. The predicted molar refractivity (Wildman–Crippen MR) is 50.1 cm³/mol. The van der Waals surface area contributed by atoms with Gasteiger partial charge in [-0.15, -0.1) is 0 Å². The van der Waals surface area contributed by atoms with Gasteiger partial charge in [-0.05, 0) is 18.9 Å². The summed E-state index contributed by atoms with van der Waals surface area (Å²) in [5.74, 6) is -2.18. The first kappa shape index (κ1) is 9.64. The summed E-state index contributed by atoms with van der Waals surface area (Å²) in [4.78, 5) is 25.5. The van der Waals surface area contributed by atoms with E-state index in [9.17, 15) is 9.59 Å². The van der Waals surface area contributed by atoms with Gasteiger partial charge in [0, 0.05) is 17.8 Å². The molecule has 1 aromatic rings. The lowest BCUT2D eigenvalue weighted by Gasteiger charge is -2.03. The summed E-state index contributed by atoms with van der Waals surface area (Å²) >= 11 is 0. The molecule has 0 spiro atoms. The second-order valence-corrected chi connectivity index (χ2v) is 3.54. The fraction of sp³-hybridized carbons (Fsp3) is 0.300. The van der Waals surface area contributed by atoms with E-state index in [2.05, 4.69) is 4.98 Å². The van der Waals surface area contributed by atoms with Gasteiger partial charge in [-0.25, -0.2) is 9.59 Å². The Morgan fingerprint density at radius 1 is 1.20 bits per heavy atom. The van der Waals surface area contributed by atoms with Crippen molar-refractivity contribution in [2.24, 2.45) is 0 Å². The minimum absolute atomic E-state index is 0.181. The van der Waals surface area contributed by atoms with Gasteiger partial charge in [0.15, 0.2) is 0 Å². The van der Waals surface area contributed by atoms with Crippen LogP contribution in [0, 0.1) is 0 Å². The molecule has 1 aliphatic carbocycles. The number of nitrogens with zero attached hydrogens (tertiary/aromatic N) is 1. The molecule has 0 aliphatic heterocycles. The van der Waals surface area contributed by atoms with E-state index in [1.807, 2.05) is 0 Å². The number of rotatable bonds is 3. The molecule has 0 aromatic carbocycles. The van der Waals surface area contributed by atoms with Crippen molar-refractivity contribution in [2.75, 3.05) is 0 Å². The molecule has 0 amide bonds. The van der Waals surface area contributed by atoms with Crippen LogP contribution in [0.3, 0.4) is 0 Å². The maximum atomic E-state index is 10.8. The van der Waals surface area contributed by atoms with E-state index >= 15 is 0 Å². The van der Waals surface area contributed by atoms with E-state index in [-0.39, 0.29) is 11.1 Å². The van der Waals surface area contributed by atoms with Crippen LogP contribution in [0.15, 0.2) is 12.3 Å². The van der Waals surface area contributed by atoms with Crippen LogP contribution in [0.5, 0.6) is 0 Å². The van der Waals surface area contributed by atoms with Crippen molar-refractivity contribution in [3.8, 4) is 0 Å². The lowest BCUT2D eigenvalue weighted by atomic mass is 10.1. The molecule has 78 valence electrons. The van der Waals surface area contributed by atoms with Crippen LogP contribution in [-0.4, -0.2) is 27.1 Å². The van der Waals surface area contributed by atoms with Crippen molar-refractivity contribution in [1.82, 2.24) is 4.98 Å². The van der Waals surface area contributed by atoms with E-state index in [1.165, 1.54) is 6.07 Å². The van der Waals surface area contributed by atoms with Crippen molar-refractivity contribution >= 4 is 11.9 Å². The van der Waals surface area contributed by atoms with Gasteiger partial charge in [-0.2, -0.15) is 0 Å². The monoisotopic (exact) mass is 207 g/mol. The van der Waals surface area contributed by atoms with Crippen LogP contribution in [0.4, 0.5) is 0 Å². The van der Waals surface area contributed by atoms with E-state index in [0.29, 0.717) is 11.6 Å². The highest BCUT2D eigenvalue weighted by Gasteiger charge is 2.27. The van der Waals surface area contributed by atoms with Crippen LogP contribution in [0.2, 0.25) is 0 Å². The molecular weight excluding hydrogens is 198 g/mol. The van der Waals surface area contributed by atoms with Gasteiger partial charge in [-0.1, -0.05) is 0 Å². The van der Waals surface area contributed by atoms with Gasteiger partial charge in [0.1, 0.15) is 0 Å². The minimum atomic E-state index is -1.26. The molecule has 0 unspecified atom stereocenters. The van der Waals surface area contributed by atoms with Crippen LogP contribution in [-0.2, 0) is 0 Å². The molecule has 5 nitrogen and oxygen atoms in total. The first-order valence-electron chi connectivity index (χ1n) is 4.56. The molecule has 1 heterocycles. The number of aromatic carboxylic acids is 2. The first-order valence-corrected chi connectivity index (χ1v) is 4.56. The Hall–Kier alpha value is -1.91. The maximum Gasteiger partial charge on any atom is 0.338 e. The standard InChI is InChI=1S/C10H9NO4/c12-9(13)6-3-8(5-1-2-5)11-4-7(6)10(14)15/h3-5H,1-2H2,(H,12,13)(H,14,15). The summed E-state index contributed by atoms with van der Waals surface area (Å²) < 4.78 is 0. The highest BCUT2D eigenvalue weighted by atomic mass is 16.4. The summed E-state index contributed by atoms with van der Waals surface area (Å²) in [7, 11) is 0. The summed E-state index contributed by atoms with van der Waals surface area (Å²) in [6.07, 6.45) is 3.12. The Bertz CT molecular complexity index is 437. The SMILES string of the molecule is O=C(O)c1cnc(C2CC2)cc1C(=O)O. The third-order valence-corrected chi connectivity index (χ3v) is 2.38. The van der Waals surface area contributed by atoms with E-state index < -0.39 is 11.9 Å². The molecule has 15 heavy (non-hydrogen) atoms. The molecule has 1 fully saturated rings. The van der Waals surface area contributed by atoms with Crippen LogP contribution >= 0.6 is 0 Å². The van der Waals surface area contributed by atoms with Crippen molar-refractivity contribution < 1.29 is 19.8 Å².